The fourth-order valence-corrected chi connectivity index (χ4v) is 7.53. The van der Waals surface area contributed by atoms with E-state index in [4.69, 9.17) is 9.47 Å². The summed E-state index contributed by atoms with van der Waals surface area (Å²) in [6, 6.07) is 0. The highest BCUT2D eigenvalue weighted by atomic mass is 16.7. The Morgan fingerprint density at radius 3 is 2.54 bits per heavy atom. The maximum atomic E-state index is 10.1. The molecular weight excluding hydrogens is 300 g/mol. The van der Waals surface area contributed by atoms with Gasteiger partial charge in [0.2, 0.25) is 0 Å². The van der Waals surface area contributed by atoms with Crippen LogP contribution in [0.25, 0.3) is 0 Å². The van der Waals surface area contributed by atoms with Crippen LogP contribution in [0.5, 0.6) is 0 Å². The fraction of sp³-hybridized carbons (Fsp3) is 0.905. The van der Waals surface area contributed by atoms with Crippen LogP contribution >= 0.6 is 0 Å². The number of hydrogen-bond acceptors (Lipinski definition) is 3. The number of fused-ring (bicyclic) bond motifs is 6. The first-order chi connectivity index (χ1) is 11.5. The molecule has 1 spiro atoms. The van der Waals surface area contributed by atoms with E-state index in [1.807, 2.05) is 0 Å². The van der Waals surface area contributed by atoms with Crippen molar-refractivity contribution in [1.29, 1.82) is 0 Å². The lowest BCUT2D eigenvalue weighted by molar-refractivity contribution is -0.242. The first-order valence-electron chi connectivity index (χ1n) is 10.1. The molecule has 5 rings (SSSR count). The molecule has 0 aromatic rings. The molecule has 0 unspecified atom stereocenters. The van der Waals surface area contributed by atoms with Gasteiger partial charge in [0, 0.05) is 11.8 Å². The molecule has 0 radical (unpaired) electrons. The van der Waals surface area contributed by atoms with Crippen LogP contribution < -0.4 is 0 Å². The zero-order valence-corrected chi connectivity index (χ0v) is 15.2. The Hall–Kier alpha value is -0.380. The average Bonchev–Trinajstić information content (AvgIpc) is 3.15. The molecule has 3 heteroatoms. The predicted octanol–water partition coefficient (Wildman–Crippen LogP) is 4.05. The maximum Gasteiger partial charge on any atom is 0.174 e. The summed E-state index contributed by atoms with van der Waals surface area (Å²) in [5, 5.41) is 10.1. The summed E-state index contributed by atoms with van der Waals surface area (Å²) in [7, 11) is 0. The number of aliphatic hydroxyl groups excluding tert-OH is 1. The van der Waals surface area contributed by atoms with Crippen LogP contribution in [0.2, 0.25) is 0 Å². The van der Waals surface area contributed by atoms with Crippen molar-refractivity contribution >= 4 is 0 Å². The van der Waals surface area contributed by atoms with Gasteiger partial charge < -0.3 is 14.6 Å². The molecule has 3 nitrogen and oxygen atoms in total. The normalized spacial score (nSPS) is 52.5. The second-order valence-electron chi connectivity index (χ2n) is 9.60. The zero-order valence-electron chi connectivity index (χ0n) is 15.2. The molecule has 0 amide bonds. The van der Waals surface area contributed by atoms with Gasteiger partial charge in [0.1, 0.15) is 0 Å². The Balaban J connectivity index is 1.49. The minimum atomic E-state index is -0.281. The highest BCUT2D eigenvalue weighted by molar-refractivity contribution is 5.26. The fourth-order valence-electron chi connectivity index (χ4n) is 7.53. The van der Waals surface area contributed by atoms with Crippen molar-refractivity contribution in [2.45, 2.75) is 77.1 Å². The predicted molar refractivity (Wildman–Crippen MR) is 92.3 cm³/mol. The van der Waals surface area contributed by atoms with Crippen molar-refractivity contribution in [1.82, 2.24) is 0 Å². The van der Waals surface area contributed by atoms with E-state index < -0.39 is 0 Å². The van der Waals surface area contributed by atoms with Gasteiger partial charge in [0.15, 0.2) is 5.79 Å². The highest BCUT2D eigenvalue weighted by Gasteiger charge is 2.66. The molecule has 1 N–H and O–H groups in total. The highest BCUT2D eigenvalue weighted by Crippen LogP contribution is 2.68. The van der Waals surface area contributed by atoms with Gasteiger partial charge in [-0.2, -0.15) is 0 Å². The van der Waals surface area contributed by atoms with Crippen LogP contribution in [0.4, 0.5) is 0 Å². The van der Waals surface area contributed by atoms with Gasteiger partial charge in [-0.05, 0) is 68.1 Å². The third kappa shape index (κ3) is 1.84. The third-order valence-corrected chi connectivity index (χ3v) is 8.88. The number of ether oxygens (including phenoxy) is 2. The quantitative estimate of drug-likeness (QED) is 0.680. The summed E-state index contributed by atoms with van der Waals surface area (Å²) in [5.41, 5.74) is 2.09. The summed E-state index contributed by atoms with van der Waals surface area (Å²) < 4.78 is 12.5. The average molecular weight is 332 g/mol. The monoisotopic (exact) mass is 332 g/mol. The Kier molecular flexibility index (Phi) is 3.35. The Morgan fingerprint density at radius 2 is 1.75 bits per heavy atom. The topological polar surface area (TPSA) is 38.7 Å². The molecule has 3 saturated carbocycles. The van der Waals surface area contributed by atoms with Crippen LogP contribution in [-0.2, 0) is 9.47 Å². The van der Waals surface area contributed by atoms with Crippen LogP contribution in [0.15, 0.2) is 11.6 Å². The first-order valence-corrected chi connectivity index (χ1v) is 10.1. The second-order valence-corrected chi connectivity index (χ2v) is 9.60. The van der Waals surface area contributed by atoms with Gasteiger partial charge in [0.25, 0.3) is 0 Å². The van der Waals surface area contributed by atoms with Crippen LogP contribution in [0, 0.1) is 28.6 Å². The molecule has 0 bridgehead atoms. The van der Waals surface area contributed by atoms with Gasteiger partial charge in [-0.1, -0.05) is 25.5 Å². The molecule has 0 aromatic heterocycles. The van der Waals surface area contributed by atoms with Gasteiger partial charge >= 0.3 is 0 Å². The molecule has 6 atom stereocenters. The van der Waals surface area contributed by atoms with E-state index in [1.165, 1.54) is 32.1 Å². The standard InChI is InChI=1S/C21H32O3/c1-19-8-5-15(22)13-14(19)3-4-16-17(19)6-9-20(2)18(16)7-10-21(20)23-11-12-24-21/h3,15-18,22H,4-13H2,1-2H3/t15-,16-,17+,18+,19-,20+/m0/s1. The molecule has 4 aliphatic carbocycles. The smallest absolute Gasteiger partial charge is 0.174 e. The molecule has 1 saturated heterocycles. The molecular formula is C21H32O3. The molecule has 1 heterocycles. The molecule has 1 aliphatic heterocycles. The van der Waals surface area contributed by atoms with E-state index in [-0.39, 0.29) is 17.3 Å². The summed E-state index contributed by atoms with van der Waals surface area (Å²) in [4.78, 5) is 0. The lowest BCUT2D eigenvalue weighted by atomic mass is 9.47. The lowest BCUT2D eigenvalue weighted by Crippen LogP contribution is -2.55. The molecule has 134 valence electrons. The van der Waals surface area contributed by atoms with E-state index in [0.717, 1.165) is 50.2 Å². The van der Waals surface area contributed by atoms with E-state index >= 15 is 0 Å². The molecule has 0 aromatic carbocycles. The minimum Gasteiger partial charge on any atom is -0.393 e. The third-order valence-electron chi connectivity index (χ3n) is 8.88. The number of aliphatic hydroxyl groups is 1. The molecule has 5 aliphatic rings. The van der Waals surface area contributed by atoms with Crippen molar-refractivity contribution in [3.8, 4) is 0 Å². The lowest BCUT2D eigenvalue weighted by Gasteiger charge is -2.58. The Morgan fingerprint density at radius 1 is 1.00 bits per heavy atom. The summed E-state index contributed by atoms with van der Waals surface area (Å²) in [6.45, 7) is 6.50. The summed E-state index contributed by atoms with van der Waals surface area (Å²) in [6.07, 6.45) is 11.6. The maximum absolute atomic E-state index is 10.1. The largest absolute Gasteiger partial charge is 0.393 e. The van der Waals surface area contributed by atoms with Gasteiger partial charge in [-0.25, -0.2) is 0 Å². The number of rotatable bonds is 0. The second kappa shape index (κ2) is 5.08. The Labute approximate surface area is 145 Å². The van der Waals surface area contributed by atoms with Crippen molar-refractivity contribution in [3.05, 3.63) is 11.6 Å². The summed E-state index contributed by atoms with van der Waals surface area (Å²) in [5.74, 6) is 2.02. The Bertz CT molecular complexity index is 563. The first kappa shape index (κ1) is 15.8. The van der Waals surface area contributed by atoms with E-state index in [2.05, 4.69) is 19.9 Å². The van der Waals surface area contributed by atoms with E-state index in [9.17, 15) is 5.11 Å². The van der Waals surface area contributed by atoms with Crippen molar-refractivity contribution in [2.24, 2.45) is 28.6 Å². The summed E-state index contributed by atoms with van der Waals surface area (Å²) >= 11 is 0. The van der Waals surface area contributed by atoms with Crippen molar-refractivity contribution < 1.29 is 14.6 Å². The zero-order chi connectivity index (χ0) is 16.6. The van der Waals surface area contributed by atoms with Crippen LogP contribution in [-0.4, -0.2) is 30.2 Å². The van der Waals surface area contributed by atoms with Crippen molar-refractivity contribution in [2.75, 3.05) is 13.2 Å². The van der Waals surface area contributed by atoms with E-state index in [0.29, 0.717) is 5.41 Å². The number of allylic oxidation sites excluding steroid dienone is 1. The SMILES string of the molecule is C[C@]12CC[C@H](O)CC1=CC[C@H]1[C@H]2CC[C@]2(C)[C@@H]1CCC21OCCO1. The van der Waals surface area contributed by atoms with Gasteiger partial charge in [-0.3, -0.25) is 0 Å². The minimum absolute atomic E-state index is 0.107. The van der Waals surface area contributed by atoms with E-state index in [1.54, 1.807) is 5.57 Å². The molecule has 4 fully saturated rings. The number of hydrogen-bond donors (Lipinski definition) is 1. The van der Waals surface area contributed by atoms with Gasteiger partial charge in [-0.15, -0.1) is 0 Å². The van der Waals surface area contributed by atoms with Crippen LogP contribution in [0.1, 0.15) is 65.2 Å². The molecule has 24 heavy (non-hydrogen) atoms. The van der Waals surface area contributed by atoms with Crippen LogP contribution in [0.3, 0.4) is 0 Å². The van der Waals surface area contributed by atoms with Gasteiger partial charge in [0.05, 0.1) is 19.3 Å². The van der Waals surface area contributed by atoms with Crippen molar-refractivity contribution in [3.63, 3.8) is 0 Å².